The van der Waals surface area contributed by atoms with Crippen molar-refractivity contribution >= 4 is 0 Å². The molecule has 102 valence electrons. The van der Waals surface area contributed by atoms with E-state index in [9.17, 15) is 0 Å². The maximum absolute atomic E-state index is 2.56. The van der Waals surface area contributed by atoms with Gasteiger partial charge < -0.3 is 0 Å². The van der Waals surface area contributed by atoms with E-state index in [0.29, 0.717) is 21.7 Å². The molecule has 1 rings (SSSR count). The van der Waals surface area contributed by atoms with Crippen molar-refractivity contribution in [2.24, 2.45) is 27.6 Å². The lowest BCUT2D eigenvalue weighted by Gasteiger charge is -2.63. The van der Waals surface area contributed by atoms with Crippen LogP contribution in [0.25, 0.3) is 0 Å². The molecule has 0 bridgehead atoms. The highest BCUT2D eigenvalue weighted by molar-refractivity contribution is 5.06. The summed E-state index contributed by atoms with van der Waals surface area (Å²) in [5.74, 6) is 0.818. The van der Waals surface area contributed by atoms with Gasteiger partial charge in [-0.15, -0.1) is 0 Å². The Hall–Kier alpha value is 0. The molecule has 1 fully saturated rings. The van der Waals surface area contributed by atoms with Crippen molar-refractivity contribution in [2.45, 2.75) is 81.6 Å². The second kappa shape index (κ2) is 4.00. The van der Waals surface area contributed by atoms with Crippen molar-refractivity contribution in [1.29, 1.82) is 0 Å². The van der Waals surface area contributed by atoms with Crippen LogP contribution in [0.3, 0.4) is 0 Å². The van der Waals surface area contributed by atoms with Crippen LogP contribution in [0.15, 0.2) is 0 Å². The predicted octanol–water partition coefficient (Wildman–Crippen LogP) is 5.91. The Morgan fingerprint density at radius 1 is 0.882 bits per heavy atom. The molecule has 0 aromatic rings. The average Bonchev–Trinajstić information content (AvgIpc) is 2.05. The standard InChI is InChI=1S/C17H34/c1-14(2,3)13-11-10-12-16(7,8)17(13,9)15(4,5)6/h13H,10-12H2,1-9H3. The maximum Gasteiger partial charge on any atom is -0.0193 e. The summed E-state index contributed by atoms with van der Waals surface area (Å²) in [6.45, 7) is 22.2. The molecule has 0 nitrogen and oxygen atoms in total. The van der Waals surface area contributed by atoms with Crippen molar-refractivity contribution < 1.29 is 0 Å². The Morgan fingerprint density at radius 3 is 1.65 bits per heavy atom. The van der Waals surface area contributed by atoms with E-state index in [-0.39, 0.29) is 0 Å². The van der Waals surface area contributed by atoms with Crippen molar-refractivity contribution in [2.75, 3.05) is 0 Å². The molecule has 0 N–H and O–H groups in total. The minimum Gasteiger partial charge on any atom is -0.0599 e. The summed E-state index contributed by atoms with van der Waals surface area (Å²) in [6, 6.07) is 0. The molecule has 0 heterocycles. The molecule has 0 aromatic carbocycles. The van der Waals surface area contributed by atoms with Gasteiger partial charge in [0.25, 0.3) is 0 Å². The van der Waals surface area contributed by atoms with Crippen molar-refractivity contribution in [3.05, 3.63) is 0 Å². The fourth-order valence-corrected chi connectivity index (χ4v) is 4.61. The third-order valence-electron chi connectivity index (χ3n) is 6.00. The zero-order valence-electron chi connectivity index (χ0n) is 13.7. The second-order valence-corrected chi connectivity index (χ2v) is 9.15. The van der Waals surface area contributed by atoms with Gasteiger partial charge in [-0.05, 0) is 40.4 Å². The van der Waals surface area contributed by atoms with Crippen LogP contribution in [0, 0.1) is 27.6 Å². The average molecular weight is 238 g/mol. The molecular formula is C17H34. The minimum atomic E-state index is 0.370. The van der Waals surface area contributed by atoms with Gasteiger partial charge in [-0.2, -0.15) is 0 Å². The molecule has 2 unspecified atom stereocenters. The molecule has 0 aliphatic heterocycles. The van der Waals surface area contributed by atoms with Gasteiger partial charge in [0.05, 0.1) is 0 Å². The monoisotopic (exact) mass is 238 g/mol. The number of hydrogen-bond donors (Lipinski definition) is 0. The molecule has 0 saturated heterocycles. The molecule has 0 spiro atoms. The first-order valence-corrected chi connectivity index (χ1v) is 7.34. The fourth-order valence-electron chi connectivity index (χ4n) is 4.61. The fraction of sp³-hybridized carbons (Fsp3) is 1.00. The van der Waals surface area contributed by atoms with Gasteiger partial charge in [0.15, 0.2) is 0 Å². The van der Waals surface area contributed by atoms with E-state index in [1.807, 2.05) is 0 Å². The smallest absolute Gasteiger partial charge is 0.0193 e. The zero-order valence-corrected chi connectivity index (χ0v) is 13.7. The van der Waals surface area contributed by atoms with E-state index in [1.165, 1.54) is 19.3 Å². The minimum absolute atomic E-state index is 0.370. The van der Waals surface area contributed by atoms with E-state index in [0.717, 1.165) is 5.92 Å². The summed E-state index contributed by atoms with van der Waals surface area (Å²) >= 11 is 0. The van der Waals surface area contributed by atoms with Crippen LogP contribution in [-0.4, -0.2) is 0 Å². The van der Waals surface area contributed by atoms with Crippen molar-refractivity contribution in [1.82, 2.24) is 0 Å². The van der Waals surface area contributed by atoms with Gasteiger partial charge in [-0.25, -0.2) is 0 Å². The van der Waals surface area contributed by atoms with E-state index in [4.69, 9.17) is 0 Å². The molecular weight excluding hydrogens is 204 g/mol. The van der Waals surface area contributed by atoms with Crippen LogP contribution in [0.4, 0.5) is 0 Å². The van der Waals surface area contributed by atoms with Gasteiger partial charge in [0, 0.05) is 0 Å². The summed E-state index contributed by atoms with van der Waals surface area (Å²) in [7, 11) is 0. The van der Waals surface area contributed by atoms with Crippen LogP contribution < -0.4 is 0 Å². The molecule has 1 aliphatic carbocycles. The van der Waals surface area contributed by atoms with Gasteiger partial charge in [0.1, 0.15) is 0 Å². The third kappa shape index (κ3) is 2.29. The van der Waals surface area contributed by atoms with Crippen LogP contribution in [0.1, 0.15) is 81.6 Å². The first-order valence-electron chi connectivity index (χ1n) is 7.34. The lowest BCUT2D eigenvalue weighted by molar-refractivity contribution is -0.144. The van der Waals surface area contributed by atoms with Crippen LogP contribution in [0.5, 0.6) is 0 Å². The lowest BCUT2D eigenvalue weighted by Crippen LogP contribution is -2.56. The van der Waals surface area contributed by atoms with E-state index in [1.54, 1.807) is 0 Å². The summed E-state index contributed by atoms with van der Waals surface area (Å²) in [5.41, 5.74) is 1.65. The first-order chi connectivity index (χ1) is 7.34. The quantitative estimate of drug-likeness (QED) is 0.492. The maximum atomic E-state index is 2.56. The molecule has 2 atom stereocenters. The molecule has 0 radical (unpaired) electrons. The number of rotatable bonds is 0. The van der Waals surface area contributed by atoms with Crippen molar-refractivity contribution in [3.63, 3.8) is 0 Å². The topological polar surface area (TPSA) is 0 Å². The van der Waals surface area contributed by atoms with Crippen LogP contribution in [0.2, 0.25) is 0 Å². The highest BCUT2D eigenvalue weighted by atomic mass is 14.6. The van der Waals surface area contributed by atoms with Crippen LogP contribution in [-0.2, 0) is 0 Å². The molecule has 1 saturated carbocycles. The lowest BCUT2D eigenvalue weighted by atomic mass is 9.42. The molecule has 1 aliphatic rings. The van der Waals surface area contributed by atoms with E-state index >= 15 is 0 Å². The van der Waals surface area contributed by atoms with Gasteiger partial charge in [0.2, 0.25) is 0 Å². The summed E-state index contributed by atoms with van der Waals surface area (Å²) in [5, 5.41) is 0. The summed E-state index contributed by atoms with van der Waals surface area (Å²) in [4.78, 5) is 0. The summed E-state index contributed by atoms with van der Waals surface area (Å²) in [6.07, 6.45) is 4.19. The zero-order chi connectivity index (χ0) is 13.7. The van der Waals surface area contributed by atoms with Crippen LogP contribution >= 0.6 is 0 Å². The van der Waals surface area contributed by atoms with Gasteiger partial charge >= 0.3 is 0 Å². The predicted molar refractivity (Wildman–Crippen MR) is 78.1 cm³/mol. The Bertz CT molecular complexity index is 271. The Labute approximate surface area is 110 Å². The molecule has 0 amide bonds. The van der Waals surface area contributed by atoms with E-state index in [2.05, 4.69) is 62.3 Å². The Morgan fingerprint density at radius 2 is 1.35 bits per heavy atom. The molecule has 17 heavy (non-hydrogen) atoms. The molecule has 0 heteroatoms. The Kier molecular flexibility index (Phi) is 3.54. The van der Waals surface area contributed by atoms with Gasteiger partial charge in [-0.3, -0.25) is 0 Å². The third-order valence-corrected chi connectivity index (χ3v) is 6.00. The Balaban J connectivity index is 3.31. The summed E-state index contributed by atoms with van der Waals surface area (Å²) < 4.78 is 0. The first kappa shape index (κ1) is 15.1. The van der Waals surface area contributed by atoms with E-state index < -0.39 is 0 Å². The van der Waals surface area contributed by atoms with Crippen molar-refractivity contribution in [3.8, 4) is 0 Å². The normalized spacial score (nSPS) is 34.8. The largest absolute Gasteiger partial charge is 0.0599 e. The van der Waals surface area contributed by atoms with Gasteiger partial charge in [-0.1, -0.05) is 68.7 Å². The second-order valence-electron chi connectivity index (χ2n) is 9.15. The highest BCUT2D eigenvalue weighted by Crippen LogP contribution is 2.65. The highest BCUT2D eigenvalue weighted by Gasteiger charge is 2.57. The SMILES string of the molecule is CC(C)(C)C1CCCC(C)(C)C1(C)C(C)(C)C. The number of hydrogen-bond acceptors (Lipinski definition) is 0. The molecule has 0 aromatic heterocycles.